The maximum absolute atomic E-state index is 12.0. The third kappa shape index (κ3) is 4.01. The van der Waals surface area contributed by atoms with Crippen molar-refractivity contribution in [2.45, 2.75) is 0 Å². The van der Waals surface area contributed by atoms with Gasteiger partial charge >= 0.3 is 0 Å². The predicted molar refractivity (Wildman–Crippen MR) is 104 cm³/mol. The molecule has 0 aliphatic heterocycles. The second-order valence-corrected chi connectivity index (χ2v) is 5.79. The normalized spacial score (nSPS) is 10.4. The summed E-state index contributed by atoms with van der Waals surface area (Å²) < 4.78 is 5.08. The molecule has 0 atom stereocenters. The Labute approximate surface area is 155 Å². The number of benzene rings is 2. The highest BCUT2D eigenvalue weighted by molar-refractivity contribution is 6.02. The van der Waals surface area contributed by atoms with Gasteiger partial charge in [-0.1, -0.05) is 30.3 Å². The van der Waals surface area contributed by atoms with E-state index in [4.69, 9.17) is 4.42 Å². The molecular formula is C21H16N4O2. The molecule has 0 spiro atoms. The lowest BCUT2D eigenvalue weighted by Crippen LogP contribution is -2.10. The number of nitrogens with one attached hydrogen (secondary N) is 2. The van der Waals surface area contributed by atoms with E-state index in [1.807, 2.05) is 60.7 Å². The van der Waals surface area contributed by atoms with Gasteiger partial charge in [0.2, 0.25) is 0 Å². The Bertz CT molecular complexity index is 1030. The van der Waals surface area contributed by atoms with Crippen LogP contribution in [0, 0.1) is 0 Å². The summed E-state index contributed by atoms with van der Waals surface area (Å²) in [4.78, 5) is 20.6. The van der Waals surface area contributed by atoms with Gasteiger partial charge in [-0.3, -0.25) is 4.79 Å². The first-order valence-electron chi connectivity index (χ1n) is 8.37. The minimum atomic E-state index is -0.288. The second-order valence-electron chi connectivity index (χ2n) is 5.79. The summed E-state index contributed by atoms with van der Waals surface area (Å²) in [5.41, 5.74) is 3.40. The fourth-order valence-corrected chi connectivity index (χ4v) is 2.58. The number of carbonyl (C=O) groups excluding carboxylic acids is 1. The van der Waals surface area contributed by atoms with E-state index < -0.39 is 0 Å². The van der Waals surface area contributed by atoms with E-state index >= 15 is 0 Å². The van der Waals surface area contributed by atoms with E-state index in [2.05, 4.69) is 20.6 Å². The zero-order chi connectivity index (χ0) is 18.5. The smallest absolute Gasteiger partial charge is 0.291 e. The molecule has 0 saturated carbocycles. The molecule has 132 valence electrons. The first-order chi connectivity index (χ1) is 13.3. The maximum Gasteiger partial charge on any atom is 0.291 e. The van der Waals surface area contributed by atoms with Gasteiger partial charge in [0, 0.05) is 23.0 Å². The standard InChI is InChI=1S/C21H16N4O2/c26-21(19-7-4-12-27-19)25-17-10-8-16(9-11-17)24-20-13-18(22-14-23-20)15-5-2-1-3-6-15/h1-14H,(H,25,26)(H,22,23,24). The van der Waals surface area contributed by atoms with Crippen molar-refractivity contribution in [2.24, 2.45) is 0 Å². The monoisotopic (exact) mass is 356 g/mol. The largest absolute Gasteiger partial charge is 0.459 e. The number of hydrogen-bond acceptors (Lipinski definition) is 5. The van der Waals surface area contributed by atoms with Gasteiger partial charge < -0.3 is 15.1 Å². The van der Waals surface area contributed by atoms with Gasteiger partial charge in [0.1, 0.15) is 12.1 Å². The minimum Gasteiger partial charge on any atom is -0.459 e. The molecule has 0 aliphatic rings. The molecule has 27 heavy (non-hydrogen) atoms. The van der Waals surface area contributed by atoms with Crippen LogP contribution >= 0.6 is 0 Å². The van der Waals surface area contributed by atoms with E-state index in [-0.39, 0.29) is 11.7 Å². The van der Waals surface area contributed by atoms with Crippen molar-refractivity contribution in [1.29, 1.82) is 0 Å². The Kier molecular flexibility index (Phi) is 4.61. The summed E-state index contributed by atoms with van der Waals surface area (Å²) in [6, 6.07) is 22.4. The highest BCUT2D eigenvalue weighted by atomic mass is 16.3. The molecule has 6 heteroatoms. The van der Waals surface area contributed by atoms with E-state index in [9.17, 15) is 4.79 Å². The van der Waals surface area contributed by atoms with Crippen LogP contribution < -0.4 is 10.6 Å². The zero-order valence-corrected chi connectivity index (χ0v) is 14.3. The van der Waals surface area contributed by atoms with Crippen molar-refractivity contribution in [3.05, 3.63) is 91.1 Å². The summed E-state index contributed by atoms with van der Waals surface area (Å²) in [6.07, 6.45) is 3.00. The molecule has 2 N–H and O–H groups in total. The summed E-state index contributed by atoms with van der Waals surface area (Å²) in [6.45, 7) is 0. The molecule has 0 bridgehead atoms. The average molecular weight is 356 g/mol. The van der Waals surface area contributed by atoms with Crippen LogP contribution in [0.2, 0.25) is 0 Å². The Morgan fingerprint density at radius 1 is 0.852 bits per heavy atom. The molecular weight excluding hydrogens is 340 g/mol. The van der Waals surface area contributed by atoms with E-state index in [0.717, 1.165) is 16.9 Å². The number of carbonyl (C=O) groups is 1. The van der Waals surface area contributed by atoms with Crippen LogP contribution in [0.5, 0.6) is 0 Å². The highest BCUT2D eigenvalue weighted by Gasteiger charge is 2.08. The van der Waals surface area contributed by atoms with Gasteiger partial charge in [0.15, 0.2) is 5.76 Å². The van der Waals surface area contributed by atoms with Gasteiger partial charge in [-0.05, 0) is 36.4 Å². The van der Waals surface area contributed by atoms with Crippen molar-refractivity contribution in [3.8, 4) is 11.3 Å². The summed E-state index contributed by atoms with van der Waals surface area (Å²) in [5, 5.41) is 6.02. The number of anilines is 3. The summed E-state index contributed by atoms with van der Waals surface area (Å²) >= 11 is 0. The quantitative estimate of drug-likeness (QED) is 0.540. The molecule has 4 aromatic rings. The first kappa shape index (κ1) is 16.5. The molecule has 0 radical (unpaired) electrons. The van der Waals surface area contributed by atoms with Crippen LogP contribution in [0.3, 0.4) is 0 Å². The minimum absolute atomic E-state index is 0.270. The zero-order valence-electron chi connectivity index (χ0n) is 14.3. The number of aromatic nitrogens is 2. The highest BCUT2D eigenvalue weighted by Crippen LogP contribution is 2.22. The molecule has 4 rings (SSSR count). The predicted octanol–water partition coefficient (Wildman–Crippen LogP) is 4.73. The van der Waals surface area contributed by atoms with Crippen LogP contribution in [-0.2, 0) is 0 Å². The Morgan fingerprint density at radius 2 is 1.63 bits per heavy atom. The molecule has 0 saturated heterocycles. The molecule has 2 aromatic heterocycles. The van der Waals surface area contributed by atoms with E-state index in [1.54, 1.807) is 12.1 Å². The number of hydrogen-bond donors (Lipinski definition) is 2. The van der Waals surface area contributed by atoms with Gasteiger partial charge in [-0.25, -0.2) is 9.97 Å². The molecule has 1 amide bonds. The maximum atomic E-state index is 12.0. The third-order valence-electron chi connectivity index (χ3n) is 3.90. The second kappa shape index (κ2) is 7.53. The number of nitrogens with zero attached hydrogens (tertiary/aromatic N) is 2. The van der Waals surface area contributed by atoms with Crippen molar-refractivity contribution in [3.63, 3.8) is 0 Å². The number of amides is 1. The fourth-order valence-electron chi connectivity index (χ4n) is 2.58. The lowest BCUT2D eigenvalue weighted by Gasteiger charge is -2.08. The van der Waals surface area contributed by atoms with E-state index in [0.29, 0.717) is 11.5 Å². The SMILES string of the molecule is O=C(Nc1ccc(Nc2cc(-c3ccccc3)ncn2)cc1)c1ccco1. The molecule has 2 heterocycles. The fraction of sp³-hybridized carbons (Fsp3) is 0. The summed E-state index contributed by atoms with van der Waals surface area (Å²) in [7, 11) is 0. The van der Waals surface area contributed by atoms with Crippen molar-refractivity contribution >= 4 is 23.1 Å². The van der Waals surface area contributed by atoms with Gasteiger partial charge in [0.05, 0.1) is 12.0 Å². The van der Waals surface area contributed by atoms with Gasteiger partial charge in [-0.2, -0.15) is 0 Å². The lowest BCUT2D eigenvalue weighted by atomic mass is 10.1. The molecule has 6 nitrogen and oxygen atoms in total. The van der Waals surface area contributed by atoms with Crippen molar-refractivity contribution in [1.82, 2.24) is 9.97 Å². The molecule has 2 aromatic carbocycles. The molecule has 0 fully saturated rings. The number of rotatable bonds is 5. The topological polar surface area (TPSA) is 80.0 Å². The Balaban J connectivity index is 1.45. The van der Waals surface area contributed by atoms with Crippen LogP contribution in [-0.4, -0.2) is 15.9 Å². The molecule has 0 unspecified atom stereocenters. The van der Waals surface area contributed by atoms with Crippen LogP contribution in [0.25, 0.3) is 11.3 Å². The first-order valence-corrected chi connectivity index (χ1v) is 8.37. The van der Waals surface area contributed by atoms with Gasteiger partial charge in [-0.15, -0.1) is 0 Å². The van der Waals surface area contributed by atoms with Crippen LogP contribution in [0.4, 0.5) is 17.2 Å². The molecule has 0 aliphatic carbocycles. The summed E-state index contributed by atoms with van der Waals surface area (Å²) in [5.74, 6) is 0.673. The van der Waals surface area contributed by atoms with E-state index in [1.165, 1.54) is 12.6 Å². The van der Waals surface area contributed by atoms with Crippen molar-refractivity contribution in [2.75, 3.05) is 10.6 Å². The average Bonchev–Trinajstić information content (AvgIpc) is 3.25. The van der Waals surface area contributed by atoms with Crippen LogP contribution in [0.1, 0.15) is 10.6 Å². The van der Waals surface area contributed by atoms with Crippen LogP contribution in [0.15, 0.2) is 89.8 Å². The third-order valence-corrected chi connectivity index (χ3v) is 3.90. The van der Waals surface area contributed by atoms with Gasteiger partial charge in [0.25, 0.3) is 5.91 Å². The van der Waals surface area contributed by atoms with Crippen molar-refractivity contribution < 1.29 is 9.21 Å². The number of furan rings is 1. The lowest BCUT2D eigenvalue weighted by molar-refractivity contribution is 0.0996. The Hall–Kier alpha value is -3.93. The Morgan fingerprint density at radius 3 is 2.37 bits per heavy atom.